The molecule has 21 heavy (non-hydrogen) atoms. The molecule has 112 valence electrons. The maximum absolute atomic E-state index is 12.7. The molecule has 1 atom stereocenters. The molecule has 0 bridgehead atoms. The van der Waals surface area contributed by atoms with Gasteiger partial charge in [-0.3, -0.25) is 0 Å². The summed E-state index contributed by atoms with van der Waals surface area (Å²) in [6, 6.07) is 10.9. The molecule has 6 heteroatoms. The van der Waals surface area contributed by atoms with E-state index in [0.29, 0.717) is 18.0 Å². The number of hydrogen-bond acceptors (Lipinski definition) is 4. The first kappa shape index (κ1) is 14.3. The summed E-state index contributed by atoms with van der Waals surface area (Å²) in [7, 11) is -3.35. The third-order valence-electron chi connectivity index (χ3n) is 3.74. The summed E-state index contributed by atoms with van der Waals surface area (Å²) >= 11 is 0. The summed E-state index contributed by atoms with van der Waals surface area (Å²) in [6.07, 6.45) is 1.64. The van der Waals surface area contributed by atoms with Crippen molar-refractivity contribution in [1.29, 1.82) is 0 Å². The van der Waals surface area contributed by atoms with E-state index in [9.17, 15) is 8.42 Å². The molecule has 1 aliphatic heterocycles. The Balaban J connectivity index is 1.84. The third-order valence-corrected chi connectivity index (χ3v) is 5.59. The highest BCUT2D eigenvalue weighted by Gasteiger charge is 2.36. The number of nitrogens with zero attached hydrogens (tertiary/aromatic N) is 2. The van der Waals surface area contributed by atoms with Crippen molar-refractivity contribution in [3.8, 4) is 0 Å². The average Bonchev–Trinajstić information content (AvgIpc) is 3.07. The molecule has 2 aromatic rings. The lowest BCUT2D eigenvalue weighted by atomic mass is 10.1. The van der Waals surface area contributed by atoms with Gasteiger partial charge in [-0.2, -0.15) is 4.31 Å². The Morgan fingerprint density at radius 3 is 2.76 bits per heavy atom. The SMILES string of the molecule is Cc1cc([C@H]2CCCN2S(=O)(=O)Cc2ccccc2)no1. The minimum absolute atomic E-state index is 0.0289. The summed E-state index contributed by atoms with van der Waals surface area (Å²) in [4.78, 5) is 0. The summed E-state index contributed by atoms with van der Waals surface area (Å²) < 4.78 is 32.0. The Morgan fingerprint density at radius 2 is 2.10 bits per heavy atom. The summed E-state index contributed by atoms with van der Waals surface area (Å²) in [5.41, 5.74) is 1.51. The first-order valence-corrected chi connectivity index (χ1v) is 8.64. The predicted molar refractivity (Wildman–Crippen MR) is 79.0 cm³/mol. The molecule has 0 saturated carbocycles. The summed E-state index contributed by atoms with van der Waals surface area (Å²) in [5, 5.41) is 3.99. The van der Waals surface area contributed by atoms with Gasteiger partial charge in [0.1, 0.15) is 11.5 Å². The lowest BCUT2D eigenvalue weighted by Crippen LogP contribution is -2.31. The third kappa shape index (κ3) is 3.01. The van der Waals surface area contributed by atoms with E-state index in [-0.39, 0.29) is 11.8 Å². The van der Waals surface area contributed by atoms with Gasteiger partial charge in [0.2, 0.25) is 10.0 Å². The lowest BCUT2D eigenvalue weighted by molar-refractivity contribution is 0.349. The standard InChI is InChI=1S/C15H18N2O3S/c1-12-10-14(16-20-12)15-8-5-9-17(15)21(18,19)11-13-6-3-2-4-7-13/h2-4,6-7,10,15H,5,8-9,11H2,1H3/t15-/m1/s1. The Labute approximate surface area is 124 Å². The van der Waals surface area contributed by atoms with Crippen LogP contribution in [-0.2, 0) is 15.8 Å². The fourth-order valence-corrected chi connectivity index (χ4v) is 4.57. The zero-order chi connectivity index (χ0) is 14.9. The smallest absolute Gasteiger partial charge is 0.218 e. The monoisotopic (exact) mass is 306 g/mol. The first-order chi connectivity index (χ1) is 10.1. The van der Waals surface area contributed by atoms with E-state index >= 15 is 0 Å². The first-order valence-electron chi connectivity index (χ1n) is 7.03. The molecule has 1 fully saturated rings. The molecule has 0 N–H and O–H groups in total. The second kappa shape index (κ2) is 5.61. The van der Waals surface area contributed by atoms with E-state index in [1.165, 1.54) is 0 Å². The Kier molecular flexibility index (Phi) is 3.82. The highest BCUT2D eigenvalue weighted by Crippen LogP contribution is 2.34. The van der Waals surface area contributed by atoms with Gasteiger partial charge in [0.25, 0.3) is 0 Å². The molecule has 0 spiro atoms. The summed E-state index contributed by atoms with van der Waals surface area (Å²) in [5.74, 6) is 0.735. The van der Waals surface area contributed by atoms with Crippen LogP contribution in [0.1, 0.15) is 35.9 Å². The highest BCUT2D eigenvalue weighted by molar-refractivity contribution is 7.88. The molecule has 0 radical (unpaired) electrons. The van der Waals surface area contributed by atoms with Crippen molar-refractivity contribution < 1.29 is 12.9 Å². The van der Waals surface area contributed by atoms with Crippen molar-refractivity contribution in [3.63, 3.8) is 0 Å². The van der Waals surface area contributed by atoms with Gasteiger partial charge in [-0.15, -0.1) is 0 Å². The van der Waals surface area contributed by atoms with Gasteiger partial charge in [-0.25, -0.2) is 8.42 Å². The van der Waals surface area contributed by atoms with Crippen LogP contribution in [0.3, 0.4) is 0 Å². The molecule has 1 aromatic heterocycles. The fourth-order valence-electron chi connectivity index (χ4n) is 2.78. The molecule has 1 aromatic carbocycles. The molecule has 5 nitrogen and oxygen atoms in total. The fraction of sp³-hybridized carbons (Fsp3) is 0.400. The van der Waals surface area contributed by atoms with Gasteiger partial charge in [-0.1, -0.05) is 35.5 Å². The van der Waals surface area contributed by atoms with Crippen molar-refractivity contribution >= 4 is 10.0 Å². The molecule has 1 aliphatic rings. The number of rotatable bonds is 4. The summed E-state index contributed by atoms with van der Waals surface area (Å²) in [6.45, 7) is 2.36. The van der Waals surface area contributed by atoms with E-state index in [2.05, 4.69) is 5.16 Å². The quantitative estimate of drug-likeness (QED) is 0.871. The molecule has 0 amide bonds. The van der Waals surface area contributed by atoms with Crippen LogP contribution < -0.4 is 0 Å². The predicted octanol–water partition coefficient (Wildman–Crippen LogP) is 2.65. The second-order valence-corrected chi connectivity index (χ2v) is 7.29. The minimum atomic E-state index is -3.35. The van der Waals surface area contributed by atoms with Gasteiger partial charge in [0, 0.05) is 12.6 Å². The van der Waals surface area contributed by atoms with Crippen molar-refractivity contribution in [2.24, 2.45) is 0 Å². The largest absolute Gasteiger partial charge is 0.361 e. The topological polar surface area (TPSA) is 63.4 Å². The Bertz CT molecular complexity index is 710. The van der Waals surface area contributed by atoms with E-state index in [1.807, 2.05) is 43.3 Å². The van der Waals surface area contributed by atoms with Crippen LogP contribution in [0.5, 0.6) is 0 Å². The van der Waals surface area contributed by atoms with Crippen LogP contribution >= 0.6 is 0 Å². The Hall–Kier alpha value is -1.66. The van der Waals surface area contributed by atoms with Crippen molar-refractivity contribution in [2.45, 2.75) is 31.6 Å². The zero-order valence-electron chi connectivity index (χ0n) is 11.9. The minimum Gasteiger partial charge on any atom is -0.361 e. The van der Waals surface area contributed by atoms with E-state index in [4.69, 9.17) is 4.52 Å². The number of benzene rings is 1. The van der Waals surface area contributed by atoms with Gasteiger partial charge < -0.3 is 4.52 Å². The number of hydrogen-bond donors (Lipinski definition) is 0. The van der Waals surface area contributed by atoms with Crippen molar-refractivity contribution in [2.75, 3.05) is 6.54 Å². The van der Waals surface area contributed by atoms with E-state index in [0.717, 1.165) is 18.4 Å². The van der Waals surface area contributed by atoms with Crippen LogP contribution in [0.25, 0.3) is 0 Å². The molecule has 0 unspecified atom stereocenters. The molecular formula is C15H18N2O3S. The van der Waals surface area contributed by atoms with Crippen LogP contribution in [0, 0.1) is 6.92 Å². The molecule has 3 rings (SSSR count). The lowest BCUT2D eigenvalue weighted by Gasteiger charge is -2.22. The number of aryl methyl sites for hydroxylation is 1. The average molecular weight is 306 g/mol. The van der Waals surface area contributed by atoms with Gasteiger partial charge >= 0.3 is 0 Å². The van der Waals surface area contributed by atoms with Crippen LogP contribution in [0.15, 0.2) is 40.9 Å². The maximum Gasteiger partial charge on any atom is 0.218 e. The molecule has 0 aliphatic carbocycles. The van der Waals surface area contributed by atoms with Gasteiger partial charge in [-0.05, 0) is 25.3 Å². The van der Waals surface area contributed by atoms with Crippen LogP contribution in [0.4, 0.5) is 0 Å². The molecular weight excluding hydrogens is 288 g/mol. The van der Waals surface area contributed by atoms with Crippen molar-refractivity contribution in [3.05, 3.63) is 53.4 Å². The van der Waals surface area contributed by atoms with Crippen LogP contribution in [-0.4, -0.2) is 24.4 Å². The molecule has 1 saturated heterocycles. The van der Waals surface area contributed by atoms with Crippen molar-refractivity contribution in [1.82, 2.24) is 9.46 Å². The van der Waals surface area contributed by atoms with Gasteiger partial charge in [0.05, 0.1) is 11.8 Å². The van der Waals surface area contributed by atoms with E-state index < -0.39 is 10.0 Å². The number of aromatic nitrogens is 1. The zero-order valence-corrected chi connectivity index (χ0v) is 12.7. The maximum atomic E-state index is 12.7. The number of sulfonamides is 1. The highest BCUT2D eigenvalue weighted by atomic mass is 32.2. The normalized spacial score (nSPS) is 20.0. The van der Waals surface area contributed by atoms with Crippen LogP contribution in [0.2, 0.25) is 0 Å². The molecule has 2 heterocycles. The van der Waals surface area contributed by atoms with E-state index in [1.54, 1.807) is 4.31 Å². The Morgan fingerprint density at radius 1 is 1.33 bits per heavy atom. The van der Waals surface area contributed by atoms with Gasteiger partial charge in [0.15, 0.2) is 0 Å². The second-order valence-electron chi connectivity index (χ2n) is 5.37.